The van der Waals surface area contributed by atoms with Gasteiger partial charge >= 0.3 is 0 Å². The number of rotatable bonds is 5. The molecule has 4 rings (SSSR count). The molecule has 0 unspecified atom stereocenters. The number of H-pyrrole nitrogens is 2. The molecule has 0 saturated carbocycles. The predicted molar refractivity (Wildman–Crippen MR) is 129 cm³/mol. The maximum atomic E-state index is 4.43. The molecule has 3 heterocycles. The van der Waals surface area contributed by atoms with Crippen LogP contribution in [0.15, 0.2) is 36.5 Å². The molecule has 0 spiro atoms. The second-order valence-electron chi connectivity index (χ2n) is 6.67. The lowest BCUT2D eigenvalue weighted by molar-refractivity contribution is 0.534. The first-order chi connectivity index (χ1) is 12.1. The minimum atomic E-state index is 0. The van der Waals surface area contributed by atoms with Crippen LogP contribution in [-0.4, -0.2) is 26.0 Å². The Morgan fingerprint density at radius 1 is 1.03 bits per heavy atom. The van der Waals surface area contributed by atoms with Crippen LogP contribution in [0.25, 0.3) is 33.3 Å². The molecule has 160 valence electrons. The number of nitrogens with one attached hydrogen (secondary N) is 3. The van der Waals surface area contributed by atoms with E-state index in [2.05, 4.69) is 63.4 Å². The highest BCUT2D eigenvalue weighted by Gasteiger charge is 2.11. The molecule has 0 aliphatic carbocycles. The standard InChI is InChI=1S/C20H23N5.4CH4/c1-4-12(2)22-11-14-5-6-17-15(9-14)10-18(25-17)16-7-8-21-20-19(16)23-13(3)24-20;;;;/h5-10,12,22,25H,4,11H2,1-3H3,(H,21,23,24);4*1H4/t12-;;;;/m1..../s1. The fourth-order valence-electron chi connectivity index (χ4n) is 3.12. The summed E-state index contributed by atoms with van der Waals surface area (Å²) in [7, 11) is 0. The lowest BCUT2D eigenvalue weighted by atomic mass is 10.1. The van der Waals surface area contributed by atoms with Gasteiger partial charge in [-0.05, 0) is 50.1 Å². The lowest BCUT2D eigenvalue weighted by Gasteiger charge is -2.11. The number of fused-ring (bicyclic) bond motifs is 2. The van der Waals surface area contributed by atoms with E-state index in [4.69, 9.17) is 0 Å². The summed E-state index contributed by atoms with van der Waals surface area (Å²) in [6.45, 7) is 7.26. The van der Waals surface area contributed by atoms with E-state index in [1.54, 1.807) is 0 Å². The van der Waals surface area contributed by atoms with Gasteiger partial charge in [-0.3, -0.25) is 0 Å². The van der Waals surface area contributed by atoms with Crippen molar-refractivity contribution in [3.8, 4) is 11.3 Å². The largest absolute Gasteiger partial charge is 0.354 e. The highest BCUT2D eigenvalue weighted by molar-refractivity contribution is 5.94. The topological polar surface area (TPSA) is 69.4 Å². The third-order valence-electron chi connectivity index (χ3n) is 4.75. The Morgan fingerprint density at radius 2 is 1.79 bits per heavy atom. The van der Waals surface area contributed by atoms with Gasteiger partial charge in [-0.25, -0.2) is 9.97 Å². The molecule has 4 aromatic rings. The maximum absolute atomic E-state index is 4.43. The molecule has 0 radical (unpaired) electrons. The number of aryl methyl sites for hydroxylation is 1. The molecule has 1 aromatic carbocycles. The molecule has 0 fully saturated rings. The minimum absolute atomic E-state index is 0. The number of benzene rings is 1. The van der Waals surface area contributed by atoms with Crippen molar-refractivity contribution in [2.45, 2.75) is 69.5 Å². The Bertz CT molecular complexity index is 1030. The van der Waals surface area contributed by atoms with E-state index in [9.17, 15) is 0 Å². The Morgan fingerprint density at radius 3 is 2.52 bits per heavy atom. The third-order valence-corrected chi connectivity index (χ3v) is 4.75. The second kappa shape index (κ2) is 10.8. The summed E-state index contributed by atoms with van der Waals surface area (Å²) in [5.74, 6) is 0.879. The first-order valence-electron chi connectivity index (χ1n) is 8.80. The van der Waals surface area contributed by atoms with Crippen LogP contribution >= 0.6 is 0 Å². The van der Waals surface area contributed by atoms with Crippen molar-refractivity contribution in [3.63, 3.8) is 0 Å². The molecular formula is C24H39N5. The molecule has 0 bridgehead atoms. The van der Waals surface area contributed by atoms with E-state index in [1.165, 1.54) is 10.9 Å². The molecule has 5 heteroatoms. The number of pyridine rings is 1. The molecule has 1 atom stereocenters. The number of aromatic nitrogens is 4. The van der Waals surface area contributed by atoms with E-state index in [-0.39, 0.29) is 29.7 Å². The first-order valence-corrected chi connectivity index (χ1v) is 8.80. The lowest BCUT2D eigenvalue weighted by Crippen LogP contribution is -2.24. The van der Waals surface area contributed by atoms with Gasteiger partial charge in [0, 0.05) is 40.9 Å². The van der Waals surface area contributed by atoms with Gasteiger partial charge in [0.25, 0.3) is 0 Å². The van der Waals surface area contributed by atoms with Crippen LogP contribution in [0.5, 0.6) is 0 Å². The maximum Gasteiger partial charge on any atom is 0.178 e. The summed E-state index contributed by atoms with van der Waals surface area (Å²) in [6, 6.07) is 11.3. The zero-order valence-electron chi connectivity index (χ0n) is 14.9. The van der Waals surface area contributed by atoms with Crippen LogP contribution in [0.4, 0.5) is 0 Å². The van der Waals surface area contributed by atoms with Crippen LogP contribution in [0, 0.1) is 6.92 Å². The molecule has 0 saturated heterocycles. The summed E-state index contributed by atoms with van der Waals surface area (Å²) in [5, 5.41) is 4.77. The molecule has 0 aliphatic heterocycles. The number of aromatic amines is 2. The van der Waals surface area contributed by atoms with Gasteiger partial charge in [-0.1, -0.05) is 42.7 Å². The van der Waals surface area contributed by atoms with Gasteiger partial charge in [0.05, 0.1) is 5.52 Å². The normalized spacial score (nSPS) is 11.1. The van der Waals surface area contributed by atoms with E-state index < -0.39 is 0 Å². The summed E-state index contributed by atoms with van der Waals surface area (Å²) in [5.41, 5.74) is 6.36. The number of nitrogens with zero attached hydrogens (tertiary/aromatic N) is 2. The second-order valence-corrected chi connectivity index (χ2v) is 6.67. The van der Waals surface area contributed by atoms with Gasteiger partial charge in [0.2, 0.25) is 0 Å². The Labute approximate surface area is 176 Å². The van der Waals surface area contributed by atoms with Gasteiger partial charge in [0.15, 0.2) is 5.65 Å². The zero-order chi connectivity index (χ0) is 17.4. The van der Waals surface area contributed by atoms with Gasteiger partial charge < -0.3 is 15.3 Å². The van der Waals surface area contributed by atoms with Gasteiger partial charge in [0.1, 0.15) is 5.82 Å². The molecule has 0 aliphatic rings. The number of hydrogen-bond acceptors (Lipinski definition) is 3. The van der Waals surface area contributed by atoms with Crippen molar-refractivity contribution in [1.29, 1.82) is 0 Å². The van der Waals surface area contributed by atoms with Crippen molar-refractivity contribution >= 4 is 22.1 Å². The number of imidazole rings is 1. The summed E-state index contributed by atoms with van der Waals surface area (Å²) in [4.78, 5) is 15.6. The van der Waals surface area contributed by atoms with Crippen molar-refractivity contribution in [1.82, 2.24) is 25.3 Å². The molecule has 3 N–H and O–H groups in total. The minimum Gasteiger partial charge on any atom is -0.354 e. The van der Waals surface area contributed by atoms with Crippen molar-refractivity contribution in [3.05, 3.63) is 47.9 Å². The molecule has 3 aromatic heterocycles. The Balaban J connectivity index is 0.00000196. The predicted octanol–water partition coefficient (Wildman–Crippen LogP) is 6.85. The van der Waals surface area contributed by atoms with E-state index >= 15 is 0 Å². The smallest absolute Gasteiger partial charge is 0.178 e. The van der Waals surface area contributed by atoms with Gasteiger partial charge in [-0.15, -0.1) is 0 Å². The van der Waals surface area contributed by atoms with Crippen LogP contribution in [0.2, 0.25) is 0 Å². The third kappa shape index (κ3) is 5.24. The average Bonchev–Trinajstić information content (AvgIpc) is 3.20. The SMILES string of the molecule is C.C.C.C.CC[C@@H](C)NCc1ccc2[nH]c(-c3ccnc4nc(C)[nH]c34)cc2c1. The van der Waals surface area contributed by atoms with Crippen molar-refractivity contribution in [2.24, 2.45) is 0 Å². The fourth-order valence-corrected chi connectivity index (χ4v) is 3.12. The molecule has 29 heavy (non-hydrogen) atoms. The summed E-state index contributed by atoms with van der Waals surface area (Å²) in [6.07, 6.45) is 2.95. The van der Waals surface area contributed by atoms with Crippen molar-refractivity contribution in [2.75, 3.05) is 0 Å². The van der Waals surface area contributed by atoms with Crippen LogP contribution in [0.1, 0.15) is 61.4 Å². The zero-order valence-corrected chi connectivity index (χ0v) is 14.9. The van der Waals surface area contributed by atoms with E-state index in [0.29, 0.717) is 6.04 Å². The Hall–Kier alpha value is -2.66. The quantitative estimate of drug-likeness (QED) is 0.345. The van der Waals surface area contributed by atoms with Gasteiger partial charge in [-0.2, -0.15) is 0 Å². The van der Waals surface area contributed by atoms with E-state index in [1.807, 2.05) is 19.2 Å². The molecular weight excluding hydrogens is 358 g/mol. The molecule has 5 nitrogen and oxygen atoms in total. The molecule has 0 amide bonds. The highest BCUT2D eigenvalue weighted by Crippen LogP contribution is 2.29. The fraction of sp³-hybridized carbons (Fsp3) is 0.417. The van der Waals surface area contributed by atoms with Crippen LogP contribution < -0.4 is 5.32 Å². The average molecular weight is 398 g/mol. The summed E-state index contributed by atoms with van der Waals surface area (Å²) >= 11 is 0. The highest BCUT2D eigenvalue weighted by atomic mass is 15.0. The monoisotopic (exact) mass is 397 g/mol. The van der Waals surface area contributed by atoms with Crippen molar-refractivity contribution < 1.29 is 0 Å². The number of hydrogen-bond donors (Lipinski definition) is 3. The van der Waals surface area contributed by atoms with Crippen LogP contribution in [0.3, 0.4) is 0 Å². The Kier molecular flexibility index (Phi) is 9.78. The summed E-state index contributed by atoms with van der Waals surface area (Å²) < 4.78 is 0. The first kappa shape index (κ1) is 26.3. The van der Waals surface area contributed by atoms with Crippen LogP contribution in [-0.2, 0) is 6.54 Å². The van der Waals surface area contributed by atoms with E-state index in [0.717, 1.165) is 46.7 Å².